The number of sulfonamides is 1. The van der Waals surface area contributed by atoms with E-state index >= 15 is 0 Å². The molecule has 0 bridgehead atoms. The van der Waals surface area contributed by atoms with E-state index in [1.54, 1.807) is 24.1 Å². The molecular weight excluding hydrogens is 422 g/mol. The summed E-state index contributed by atoms with van der Waals surface area (Å²) in [6.07, 6.45) is 3.07. The van der Waals surface area contributed by atoms with E-state index < -0.39 is 10.0 Å². The first kappa shape index (κ1) is 21.2. The number of amides is 1. The molecule has 0 spiro atoms. The third-order valence-corrected chi connectivity index (χ3v) is 8.18. The number of hydrogen-bond donors (Lipinski definition) is 0. The van der Waals surface area contributed by atoms with E-state index in [9.17, 15) is 13.2 Å². The van der Waals surface area contributed by atoms with Crippen molar-refractivity contribution in [3.05, 3.63) is 58.6 Å². The van der Waals surface area contributed by atoms with Gasteiger partial charge in [0, 0.05) is 32.2 Å². The maximum atomic E-state index is 13.4. The van der Waals surface area contributed by atoms with Gasteiger partial charge in [-0.15, -0.1) is 0 Å². The fourth-order valence-corrected chi connectivity index (χ4v) is 6.14. The number of benzene rings is 2. The van der Waals surface area contributed by atoms with E-state index in [2.05, 4.69) is 4.90 Å². The molecule has 1 fully saturated rings. The number of fused-ring (bicyclic) bond motifs is 1. The summed E-state index contributed by atoms with van der Waals surface area (Å²) in [7, 11) is -2.12. The Morgan fingerprint density at radius 1 is 1.10 bits per heavy atom. The number of likely N-dealkylation sites (tertiary alicyclic amines) is 1. The maximum Gasteiger partial charge on any atom is 0.265 e. The summed E-state index contributed by atoms with van der Waals surface area (Å²) in [4.78, 5) is 16.9. The Kier molecular flexibility index (Phi) is 6.04. The van der Waals surface area contributed by atoms with Crippen molar-refractivity contribution in [1.29, 1.82) is 0 Å². The minimum absolute atomic E-state index is 0.0281. The quantitative estimate of drug-likeness (QED) is 0.682. The van der Waals surface area contributed by atoms with Crippen LogP contribution in [0.4, 0.5) is 5.69 Å². The highest BCUT2D eigenvalue weighted by molar-refractivity contribution is 7.93. The molecule has 1 saturated heterocycles. The molecule has 0 aromatic heterocycles. The van der Waals surface area contributed by atoms with Crippen LogP contribution in [0.2, 0.25) is 5.02 Å². The first-order valence-corrected chi connectivity index (χ1v) is 12.1. The normalized spacial score (nSPS) is 16.7. The minimum atomic E-state index is -3.87. The molecular formula is C22H26ClN3O3S. The zero-order valence-electron chi connectivity index (χ0n) is 17.1. The fourth-order valence-electron chi connectivity index (χ4n) is 4.13. The molecule has 0 aliphatic carbocycles. The molecule has 0 atom stereocenters. The van der Waals surface area contributed by atoms with Gasteiger partial charge in [-0.1, -0.05) is 29.8 Å². The van der Waals surface area contributed by atoms with Crippen LogP contribution >= 0.6 is 11.6 Å². The van der Waals surface area contributed by atoms with Crippen molar-refractivity contribution in [2.45, 2.75) is 24.2 Å². The smallest absolute Gasteiger partial charge is 0.265 e. The number of likely N-dealkylation sites (N-methyl/N-ethyl adjacent to an activating group) is 1. The van der Waals surface area contributed by atoms with Gasteiger partial charge in [0.2, 0.25) is 0 Å². The van der Waals surface area contributed by atoms with Crippen LogP contribution in [0.3, 0.4) is 0 Å². The lowest BCUT2D eigenvalue weighted by Gasteiger charge is -2.23. The van der Waals surface area contributed by atoms with Crippen LogP contribution in [0, 0.1) is 0 Å². The Morgan fingerprint density at radius 2 is 1.83 bits per heavy atom. The third kappa shape index (κ3) is 4.06. The topological polar surface area (TPSA) is 60.9 Å². The molecule has 2 aliphatic rings. The molecule has 2 aromatic rings. The summed E-state index contributed by atoms with van der Waals surface area (Å²) >= 11 is 6.28. The lowest BCUT2D eigenvalue weighted by Crippen LogP contribution is -2.35. The van der Waals surface area contributed by atoms with Crippen LogP contribution in [0.15, 0.2) is 47.4 Å². The van der Waals surface area contributed by atoms with Gasteiger partial charge in [0.05, 0.1) is 10.7 Å². The Balaban J connectivity index is 1.56. The van der Waals surface area contributed by atoms with Gasteiger partial charge in [-0.3, -0.25) is 9.10 Å². The molecule has 1 amide bonds. The summed E-state index contributed by atoms with van der Waals surface area (Å²) in [6.45, 7) is 3.94. The van der Waals surface area contributed by atoms with E-state index in [0.29, 0.717) is 30.8 Å². The molecule has 30 heavy (non-hydrogen) atoms. The third-order valence-electron chi connectivity index (χ3n) is 5.89. The zero-order chi connectivity index (χ0) is 21.3. The highest BCUT2D eigenvalue weighted by atomic mass is 35.5. The average Bonchev–Trinajstić information content (AvgIpc) is 3.41. The monoisotopic (exact) mass is 447 g/mol. The van der Waals surface area contributed by atoms with Crippen LogP contribution in [-0.4, -0.2) is 63.9 Å². The van der Waals surface area contributed by atoms with Gasteiger partial charge in [0.15, 0.2) is 0 Å². The number of hydrogen-bond acceptors (Lipinski definition) is 4. The van der Waals surface area contributed by atoms with Gasteiger partial charge < -0.3 is 9.80 Å². The molecule has 0 N–H and O–H groups in total. The van der Waals surface area contributed by atoms with E-state index in [-0.39, 0.29) is 15.8 Å². The van der Waals surface area contributed by atoms with E-state index in [1.807, 2.05) is 18.2 Å². The molecule has 2 aliphatic heterocycles. The van der Waals surface area contributed by atoms with Crippen LogP contribution in [0.5, 0.6) is 0 Å². The molecule has 8 heteroatoms. The second-order valence-electron chi connectivity index (χ2n) is 7.88. The number of halogens is 1. The van der Waals surface area contributed by atoms with Crippen LogP contribution in [-0.2, 0) is 16.4 Å². The lowest BCUT2D eigenvalue weighted by molar-refractivity contribution is 0.0782. The summed E-state index contributed by atoms with van der Waals surface area (Å²) in [5, 5.41) is 0.121. The van der Waals surface area contributed by atoms with Crippen molar-refractivity contribution in [3.8, 4) is 0 Å². The van der Waals surface area contributed by atoms with Crippen LogP contribution in [0.25, 0.3) is 0 Å². The van der Waals surface area contributed by atoms with Crippen molar-refractivity contribution in [3.63, 3.8) is 0 Å². The molecule has 2 heterocycles. The number of para-hydroxylation sites is 1. The van der Waals surface area contributed by atoms with E-state index in [1.165, 1.54) is 29.3 Å². The number of nitrogens with zero attached hydrogens (tertiary/aromatic N) is 3. The van der Waals surface area contributed by atoms with Crippen LogP contribution < -0.4 is 4.31 Å². The SMILES string of the molecule is CN(CCN1CCCC1)C(=O)c1ccc(Cl)c(S(=O)(=O)N2CCc3ccccc32)c1. The fraction of sp³-hybridized carbons (Fsp3) is 0.409. The molecule has 160 valence electrons. The van der Waals surface area contributed by atoms with E-state index in [0.717, 1.165) is 25.2 Å². The number of anilines is 1. The van der Waals surface area contributed by atoms with Gasteiger partial charge in [0.1, 0.15) is 4.90 Å². The molecule has 0 unspecified atom stereocenters. The summed E-state index contributed by atoms with van der Waals surface area (Å²) in [5.74, 6) is -0.205. The Labute approximate surface area is 183 Å². The van der Waals surface area contributed by atoms with Crippen LogP contribution in [0.1, 0.15) is 28.8 Å². The standard InChI is InChI=1S/C22H26ClN3O3S/c1-24(14-15-25-11-4-5-12-25)22(27)18-8-9-19(23)21(16-18)30(28,29)26-13-10-17-6-2-3-7-20(17)26/h2-3,6-9,16H,4-5,10-15H2,1H3. The Hall–Kier alpha value is -2.09. The van der Waals surface area contributed by atoms with Crippen molar-refractivity contribution in [1.82, 2.24) is 9.80 Å². The van der Waals surface area contributed by atoms with Crippen molar-refractivity contribution >= 4 is 33.2 Å². The molecule has 0 saturated carbocycles. The maximum absolute atomic E-state index is 13.4. The molecule has 6 nitrogen and oxygen atoms in total. The van der Waals surface area contributed by atoms with Gasteiger partial charge in [0.25, 0.3) is 15.9 Å². The predicted octanol–water partition coefficient (Wildman–Crippen LogP) is 3.26. The molecule has 4 rings (SSSR count). The average molecular weight is 448 g/mol. The van der Waals surface area contributed by atoms with Gasteiger partial charge in [-0.2, -0.15) is 0 Å². The van der Waals surface area contributed by atoms with Gasteiger partial charge in [-0.05, 0) is 62.2 Å². The highest BCUT2D eigenvalue weighted by Crippen LogP contribution is 2.35. The zero-order valence-corrected chi connectivity index (χ0v) is 18.6. The second-order valence-corrected chi connectivity index (χ2v) is 10.1. The van der Waals surface area contributed by atoms with Crippen molar-refractivity contribution in [2.75, 3.05) is 44.1 Å². The number of carbonyl (C=O) groups excluding carboxylic acids is 1. The first-order valence-electron chi connectivity index (χ1n) is 10.3. The Bertz CT molecular complexity index is 1050. The van der Waals surface area contributed by atoms with Gasteiger partial charge >= 0.3 is 0 Å². The minimum Gasteiger partial charge on any atom is -0.340 e. The second kappa shape index (κ2) is 8.57. The molecule has 2 aromatic carbocycles. The Morgan fingerprint density at radius 3 is 2.60 bits per heavy atom. The summed E-state index contributed by atoms with van der Waals surface area (Å²) in [6, 6.07) is 12.0. The molecule has 0 radical (unpaired) electrons. The van der Waals surface area contributed by atoms with Gasteiger partial charge in [-0.25, -0.2) is 8.42 Å². The van der Waals surface area contributed by atoms with Crippen molar-refractivity contribution in [2.24, 2.45) is 0 Å². The van der Waals surface area contributed by atoms with Crippen molar-refractivity contribution < 1.29 is 13.2 Å². The summed E-state index contributed by atoms with van der Waals surface area (Å²) in [5.41, 5.74) is 1.99. The number of carbonyl (C=O) groups is 1. The summed E-state index contributed by atoms with van der Waals surface area (Å²) < 4.78 is 28.1. The lowest BCUT2D eigenvalue weighted by atomic mass is 10.2. The van der Waals surface area contributed by atoms with E-state index in [4.69, 9.17) is 11.6 Å². The first-order chi connectivity index (χ1) is 14.4. The largest absolute Gasteiger partial charge is 0.340 e. The predicted molar refractivity (Wildman–Crippen MR) is 119 cm³/mol. The highest BCUT2D eigenvalue weighted by Gasteiger charge is 2.32. The number of rotatable bonds is 6.